The largest absolute Gasteiger partial charge is 0.493 e. The van der Waals surface area contributed by atoms with E-state index in [1.54, 1.807) is 37.5 Å². The Morgan fingerprint density at radius 3 is 2.54 bits per heavy atom. The summed E-state index contributed by atoms with van der Waals surface area (Å²) in [7, 11) is 1.55. The first-order valence-electron chi connectivity index (χ1n) is 7.87. The van der Waals surface area contributed by atoms with Gasteiger partial charge in [0.05, 0.1) is 30.3 Å². The molecule has 0 saturated carbocycles. The Labute approximate surface area is 159 Å². The quantitative estimate of drug-likeness (QED) is 0.267. The normalized spacial score (nSPS) is 10.9. The minimum atomic E-state index is -0.476. The van der Waals surface area contributed by atoms with Crippen LogP contribution in [0.4, 0.5) is 5.69 Å². The molecule has 0 amide bonds. The van der Waals surface area contributed by atoms with Crippen LogP contribution in [-0.2, 0) is 0 Å². The average Bonchev–Trinajstić information content (AvgIpc) is 2.65. The Balaban J connectivity index is 2.42. The summed E-state index contributed by atoms with van der Waals surface area (Å²) >= 11 is 3.48. The van der Waals surface area contributed by atoms with Crippen LogP contribution < -0.4 is 9.47 Å². The molecule has 0 radical (unpaired) electrons. The molecule has 6 nitrogen and oxygen atoms in total. The molecule has 0 aliphatic carbocycles. The zero-order chi connectivity index (χ0) is 19.1. The van der Waals surface area contributed by atoms with Gasteiger partial charge in [0, 0.05) is 16.6 Å². The molecule has 0 saturated heterocycles. The summed E-state index contributed by atoms with van der Waals surface area (Å²) in [6.07, 6.45) is 2.57. The number of allylic oxidation sites excluding steroid dienone is 1. The molecular weight excluding hydrogens is 400 g/mol. The topological polar surface area (TPSA) is 85.4 Å². The Hall–Kier alpha value is -2.85. The first-order chi connectivity index (χ1) is 12.5. The van der Waals surface area contributed by atoms with Crippen LogP contribution in [-0.4, -0.2) is 18.6 Å². The molecule has 0 spiro atoms. The number of halogens is 1. The Morgan fingerprint density at radius 2 is 2.00 bits per heavy atom. The van der Waals surface area contributed by atoms with Crippen LogP contribution in [0, 0.1) is 21.4 Å². The van der Waals surface area contributed by atoms with Crippen molar-refractivity contribution in [1.82, 2.24) is 0 Å². The van der Waals surface area contributed by atoms with E-state index in [0.29, 0.717) is 29.2 Å². The number of ether oxygens (including phenoxy) is 2. The summed E-state index contributed by atoms with van der Waals surface area (Å²) in [4.78, 5) is 10.3. The first-order valence-corrected chi connectivity index (χ1v) is 8.66. The number of nitriles is 1. The van der Waals surface area contributed by atoms with Crippen molar-refractivity contribution in [2.75, 3.05) is 13.7 Å². The van der Waals surface area contributed by atoms with Crippen molar-refractivity contribution in [2.24, 2.45) is 0 Å². The summed E-state index contributed by atoms with van der Waals surface area (Å²) in [5.74, 6) is 1.18. The molecule has 0 atom stereocenters. The summed E-state index contributed by atoms with van der Waals surface area (Å²) < 4.78 is 11.8. The van der Waals surface area contributed by atoms with Gasteiger partial charge in [-0.3, -0.25) is 10.1 Å². The number of benzene rings is 2. The molecule has 0 unspecified atom stereocenters. The smallest absolute Gasteiger partial charge is 0.269 e. The first kappa shape index (κ1) is 19.5. The zero-order valence-corrected chi connectivity index (χ0v) is 15.9. The summed E-state index contributed by atoms with van der Waals surface area (Å²) in [6, 6.07) is 11.6. The molecule has 0 N–H and O–H groups in total. The maximum Gasteiger partial charge on any atom is 0.269 e. The zero-order valence-electron chi connectivity index (χ0n) is 14.4. The van der Waals surface area contributed by atoms with Crippen LogP contribution >= 0.6 is 15.9 Å². The minimum absolute atomic E-state index is 0.0219. The lowest BCUT2D eigenvalue weighted by atomic mass is 10.0. The van der Waals surface area contributed by atoms with E-state index >= 15 is 0 Å². The number of nitro groups is 1. The van der Waals surface area contributed by atoms with Crippen molar-refractivity contribution in [1.29, 1.82) is 5.26 Å². The number of nitrogens with zero attached hydrogens (tertiary/aromatic N) is 2. The van der Waals surface area contributed by atoms with Crippen LogP contribution in [0.3, 0.4) is 0 Å². The van der Waals surface area contributed by atoms with E-state index in [1.807, 2.05) is 6.92 Å². The predicted molar refractivity (Wildman–Crippen MR) is 103 cm³/mol. The fourth-order valence-corrected chi connectivity index (χ4v) is 2.68. The molecule has 0 aliphatic rings. The van der Waals surface area contributed by atoms with Crippen molar-refractivity contribution in [3.05, 3.63) is 62.1 Å². The SMILES string of the molecule is CCCOc1cc(Br)c(C=C(C#N)c2ccc([N+](=O)[O-])cc2)cc1OC. The molecule has 0 aromatic heterocycles. The molecule has 7 heteroatoms. The van der Waals surface area contributed by atoms with Gasteiger partial charge >= 0.3 is 0 Å². The van der Waals surface area contributed by atoms with Gasteiger partial charge in [0.1, 0.15) is 0 Å². The number of non-ortho nitro benzene ring substituents is 1. The van der Waals surface area contributed by atoms with E-state index in [4.69, 9.17) is 9.47 Å². The van der Waals surface area contributed by atoms with Crippen molar-refractivity contribution in [3.8, 4) is 17.6 Å². The third-order valence-corrected chi connectivity index (χ3v) is 4.24. The molecule has 2 aromatic rings. The predicted octanol–water partition coefficient (Wildman–Crippen LogP) is 5.22. The van der Waals surface area contributed by atoms with Crippen LogP contribution in [0.25, 0.3) is 11.6 Å². The minimum Gasteiger partial charge on any atom is -0.493 e. The van der Waals surface area contributed by atoms with Gasteiger partial charge in [-0.1, -0.05) is 22.9 Å². The lowest BCUT2D eigenvalue weighted by molar-refractivity contribution is -0.384. The van der Waals surface area contributed by atoms with Crippen molar-refractivity contribution in [3.63, 3.8) is 0 Å². The van der Waals surface area contributed by atoms with E-state index < -0.39 is 4.92 Å². The Morgan fingerprint density at radius 1 is 1.31 bits per heavy atom. The molecule has 2 aromatic carbocycles. The lowest BCUT2D eigenvalue weighted by Gasteiger charge is -2.12. The second-order valence-electron chi connectivity index (χ2n) is 5.35. The van der Waals surface area contributed by atoms with Crippen LogP contribution in [0.15, 0.2) is 40.9 Å². The molecule has 26 heavy (non-hydrogen) atoms. The summed E-state index contributed by atoms with van der Waals surface area (Å²) in [5.41, 5.74) is 1.69. The second-order valence-corrected chi connectivity index (χ2v) is 6.20. The molecule has 0 fully saturated rings. The van der Waals surface area contributed by atoms with Gasteiger partial charge in [0.15, 0.2) is 11.5 Å². The van der Waals surface area contributed by atoms with E-state index in [0.717, 1.165) is 16.5 Å². The van der Waals surface area contributed by atoms with Gasteiger partial charge in [0.2, 0.25) is 0 Å². The third kappa shape index (κ3) is 4.61. The van der Waals surface area contributed by atoms with Gasteiger partial charge in [-0.15, -0.1) is 0 Å². The second kappa shape index (κ2) is 9.02. The Bertz CT molecular complexity index is 870. The molecule has 0 heterocycles. The molecular formula is C19H17BrN2O4. The molecule has 134 valence electrons. The van der Waals surface area contributed by atoms with E-state index in [2.05, 4.69) is 22.0 Å². The number of nitro benzene ring substituents is 1. The summed E-state index contributed by atoms with van der Waals surface area (Å²) in [5, 5.41) is 20.2. The lowest BCUT2D eigenvalue weighted by Crippen LogP contribution is -1.98. The number of methoxy groups -OCH3 is 1. The van der Waals surface area contributed by atoms with E-state index in [-0.39, 0.29) is 5.69 Å². The average molecular weight is 417 g/mol. The highest BCUT2D eigenvalue weighted by atomic mass is 79.9. The van der Waals surface area contributed by atoms with Crippen molar-refractivity contribution < 1.29 is 14.4 Å². The van der Waals surface area contributed by atoms with Crippen LogP contribution in [0.5, 0.6) is 11.5 Å². The van der Waals surface area contributed by atoms with E-state index in [9.17, 15) is 15.4 Å². The maximum atomic E-state index is 10.8. The number of rotatable bonds is 7. The van der Waals surface area contributed by atoms with Crippen LogP contribution in [0.2, 0.25) is 0 Å². The molecule has 2 rings (SSSR count). The Kier molecular flexibility index (Phi) is 6.75. The highest BCUT2D eigenvalue weighted by Crippen LogP contribution is 2.35. The highest BCUT2D eigenvalue weighted by Gasteiger charge is 2.12. The number of hydrogen-bond acceptors (Lipinski definition) is 5. The van der Waals surface area contributed by atoms with Gasteiger partial charge < -0.3 is 9.47 Å². The highest BCUT2D eigenvalue weighted by molar-refractivity contribution is 9.10. The molecule has 0 aliphatic heterocycles. The molecule has 0 bridgehead atoms. The summed E-state index contributed by atoms with van der Waals surface area (Å²) in [6.45, 7) is 2.59. The third-order valence-electron chi connectivity index (χ3n) is 3.55. The van der Waals surface area contributed by atoms with Gasteiger partial charge in [-0.05, 0) is 47.9 Å². The standard InChI is InChI=1S/C19H17BrN2O4/c1-3-8-26-19-11-17(20)14(10-18(19)25-2)9-15(12-21)13-4-6-16(7-5-13)22(23)24/h4-7,9-11H,3,8H2,1-2H3. The monoisotopic (exact) mass is 416 g/mol. The van der Waals surface area contributed by atoms with Gasteiger partial charge in [-0.25, -0.2) is 0 Å². The maximum absolute atomic E-state index is 10.8. The van der Waals surface area contributed by atoms with Crippen molar-refractivity contribution >= 4 is 33.3 Å². The number of hydrogen-bond donors (Lipinski definition) is 0. The fourth-order valence-electron chi connectivity index (χ4n) is 2.24. The fraction of sp³-hybridized carbons (Fsp3) is 0.211. The van der Waals surface area contributed by atoms with Crippen molar-refractivity contribution in [2.45, 2.75) is 13.3 Å². The van der Waals surface area contributed by atoms with E-state index in [1.165, 1.54) is 12.1 Å². The van der Waals surface area contributed by atoms with Gasteiger partial charge in [-0.2, -0.15) is 5.26 Å². The van der Waals surface area contributed by atoms with Crippen LogP contribution in [0.1, 0.15) is 24.5 Å². The van der Waals surface area contributed by atoms with Gasteiger partial charge in [0.25, 0.3) is 5.69 Å².